The molecule has 0 spiro atoms. The predicted molar refractivity (Wildman–Crippen MR) is 91.8 cm³/mol. The molecule has 0 nitrogen and oxygen atoms in total. The number of hydrogen-bond acceptors (Lipinski definition) is 0. The summed E-state index contributed by atoms with van der Waals surface area (Å²) in [5.74, 6) is 0.673. The fourth-order valence-electron chi connectivity index (χ4n) is 2.75. The molecule has 0 unspecified atom stereocenters. The van der Waals surface area contributed by atoms with E-state index >= 15 is 0 Å². The van der Waals surface area contributed by atoms with Crippen molar-refractivity contribution >= 4 is 11.6 Å². The average Bonchev–Trinajstić information content (AvgIpc) is 2.48. The van der Waals surface area contributed by atoms with E-state index in [9.17, 15) is 0 Å². The van der Waals surface area contributed by atoms with Crippen LogP contribution in [0.1, 0.15) is 81.5 Å². The van der Waals surface area contributed by atoms with Gasteiger partial charge in [-0.15, -0.1) is 11.6 Å². The summed E-state index contributed by atoms with van der Waals surface area (Å²) in [6, 6.07) is 4.86. The Morgan fingerprint density at radius 3 is 1.60 bits per heavy atom. The third-order valence-corrected chi connectivity index (χ3v) is 4.31. The van der Waals surface area contributed by atoms with Crippen LogP contribution in [0, 0.1) is 0 Å². The average molecular weight is 295 g/mol. The standard InChI is InChI=1S/C19H31Cl/c1-4-7-10-16-13-17(11-8-5-2)19(15-20)18(14-16)12-9-6-3/h13-14H,4-12,15H2,1-3H3. The molecule has 1 aromatic carbocycles. The van der Waals surface area contributed by atoms with Crippen LogP contribution >= 0.6 is 11.6 Å². The van der Waals surface area contributed by atoms with E-state index in [4.69, 9.17) is 11.6 Å². The van der Waals surface area contributed by atoms with Crippen molar-refractivity contribution in [3.05, 3.63) is 34.4 Å². The first-order chi connectivity index (χ1) is 9.76. The van der Waals surface area contributed by atoms with Gasteiger partial charge in [0.25, 0.3) is 0 Å². The van der Waals surface area contributed by atoms with Crippen molar-refractivity contribution in [2.45, 2.75) is 84.4 Å². The quantitative estimate of drug-likeness (QED) is 0.435. The molecular formula is C19H31Cl. The van der Waals surface area contributed by atoms with E-state index in [-0.39, 0.29) is 0 Å². The van der Waals surface area contributed by atoms with Crippen molar-refractivity contribution in [3.63, 3.8) is 0 Å². The van der Waals surface area contributed by atoms with Gasteiger partial charge in [0.05, 0.1) is 0 Å². The number of halogens is 1. The van der Waals surface area contributed by atoms with Gasteiger partial charge in [0, 0.05) is 5.88 Å². The van der Waals surface area contributed by atoms with Crippen molar-refractivity contribution in [2.75, 3.05) is 0 Å². The lowest BCUT2D eigenvalue weighted by Gasteiger charge is -2.16. The fraction of sp³-hybridized carbons (Fsp3) is 0.684. The molecule has 20 heavy (non-hydrogen) atoms. The SMILES string of the molecule is CCCCc1cc(CCCC)c(CCl)c(CCCC)c1. The van der Waals surface area contributed by atoms with E-state index in [0.29, 0.717) is 5.88 Å². The molecule has 0 heterocycles. The summed E-state index contributed by atoms with van der Waals surface area (Å²) < 4.78 is 0. The summed E-state index contributed by atoms with van der Waals surface area (Å²) in [4.78, 5) is 0. The second-order valence-electron chi connectivity index (χ2n) is 5.84. The van der Waals surface area contributed by atoms with Crippen molar-refractivity contribution in [1.82, 2.24) is 0 Å². The van der Waals surface area contributed by atoms with E-state index in [2.05, 4.69) is 32.9 Å². The zero-order valence-corrected chi connectivity index (χ0v) is 14.4. The molecule has 0 saturated heterocycles. The van der Waals surface area contributed by atoms with Crippen LogP contribution in [-0.4, -0.2) is 0 Å². The Morgan fingerprint density at radius 2 is 1.20 bits per heavy atom. The van der Waals surface area contributed by atoms with E-state index in [1.54, 1.807) is 0 Å². The van der Waals surface area contributed by atoms with E-state index in [1.165, 1.54) is 80.0 Å². The summed E-state index contributed by atoms with van der Waals surface area (Å²) in [5.41, 5.74) is 5.98. The van der Waals surface area contributed by atoms with Gasteiger partial charge in [0.2, 0.25) is 0 Å². The second-order valence-corrected chi connectivity index (χ2v) is 6.10. The van der Waals surface area contributed by atoms with Gasteiger partial charge in [-0.05, 0) is 60.8 Å². The van der Waals surface area contributed by atoms with Crippen molar-refractivity contribution in [3.8, 4) is 0 Å². The second kappa shape index (κ2) is 10.3. The summed E-state index contributed by atoms with van der Waals surface area (Å²) in [6.45, 7) is 6.79. The molecule has 0 amide bonds. The van der Waals surface area contributed by atoms with Crippen LogP contribution in [0.3, 0.4) is 0 Å². The third-order valence-electron chi connectivity index (χ3n) is 4.05. The fourth-order valence-corrected chi connectivity index (χ4v) is 3.09. The number of rotatable bonds is 10. The monoisotopic (exact) mass is 294 g/mol. The molecule has 0 bridgehead atoms. The third kappa shape index (κ3) is 5.48. The number of unbranched alkanes of at least 4 members (excludes halogenated alkanes) is 3. The Balaban J connectivity index is 3.02. The molecule has 0 atom stereocenters. The first-order valence-electron chi connectivity index (χ1n) is 8.46. The van der Waals surface area contributed by atoms with Crippen LogP contribution in [-0.2, 0) is 25.1 Å². The van der Waals surface area contributed by atoms with Crippen LogP contribution in [0.5, 0.6) is 0 Å². The summed E-state index contributed by atoms with van der Waals surface area (Å²) >= 11 is 6.25. The zero-order chi connectivity index (χ0) is 14.8. The summed E-state index contributed by atoms with van der Waals surface area (Å²) in [7, 11) is 0. The Morgan fingerprint density at radius 1 is 0.750 bits per heavy atom. The Hall–Kier alpha value is -0.490. The molecule has 0 aromatic heterocycles. The molecule has 0 radical (unpaired) electrons. The highest BCUT2D eigenvalue weighted by molar-refractivity contribution is 6.17. The van der Waals surface area contributed by atoms with Crippen LogP contribution in [0.25, 0.3) is 0 Å². The van der Waals surface area contributed by atoms with Gasteiger partial charge < -0.3 is 0 Å². The minimum absolute atomic E-state index is 0.673. The molecular weight excluding hydrogens is 264 g/mol. The number of alkyl halides is 1. The molecule has 114 valence electrons. The minimum Gasteiger partial charge on any atom is -0.122 e. The van der Waals surface area contributed by atoms with Crippen molar-refractivity contribution in [2.24, 2.45) is 0 Å². The van der Waals surface area contributed by atoms with Crippen molar-refractivity contribution in [1.29, 1.82) is 0 Å². The van der Waals surface area contributed by atoms with Crippen LogP contribution in [0.4, 0.5) is 0 Å². The van der Waals surface area contributed by atoms with Gasteiger partial charge in [-0.2, -0.15) is 0 Å². The molecule has 0 fully saturated rings. The highest BCUT2D eigenvalue weighted by Crippen LogP contribution is 2.24. The van der Waals surface area contributed by atoms with Crippen LogP contribution in [0.15, 0.2) is 12.1 Å². The molecule has 1 heteroatoms. The molecule has 0 aliphatic rings. The number of aryl methyl sites for hydroxylation is 3. The van der Waals surface area contributed by atoms with E-state index in [1.807, 2.05) is 0 Å². The molecule has 0 saturated carbocycles. The first-order valence-corrected chi connectivity index (χ1v) is 8.99. The van der Waals surface area contributed by atoms with Gasteiger partial charge in [-0.3, -0.25) is 0 Å². The Labute approximate surface area is 130 Å². The molecule has 1 aromatic rings. The Bertz CT molecular complexity index is 352. The van der Waals surface area contributed by atoms with Gasteiger partial charge in [-0.1, -0.05) is 52.2 Å². The summed E-state index contributed by atoms with van der Waals surface area (Å²) in [6.07, 6.45) is 11.2. The zero-order valence-electron chi connectivity index (χ0n) is 13.6. The lowest BCUT2D eigenvalue weighted by molar-refractivity contribution is 0.758. The molecule has 1 rings (SSSR count). The van der Waals surface area contributed by atoms with Crippen LogP contribution in [0.2, 0.25) is 0 Å². The first kappa shape index (κ1) is 17.6. The maximum Gasteiger partial charge on any atom is 0.0479 e. The number of benzene rings is 1. The van der Waals surface area contributed by atoms with Gasteiger partial charge in [0.15, 0.2) is 0 Å². The van der Waals surface area contributed by atoms with Crippen molar-refractivity contribution < 1.29 is 0 Å². The summed E-state index contributed by atoms with van der Waals surface area (Å²) in [5, 5.41) is 0. The largest absolute Gasteiger partial charge is 0.122 e. The highest BCUT2D eigenvalue weighted by Gasteiger charge is 2.10. The lowest BCUT2D eigenvalue weighted by atomic mass is 9.91. The number of hydrogen-bond donors (Lipinski definition) is 0. The maximum absolute atomic E-state index is 6.25. The van der Waals surface area contributed by atoms with E-state index in [0.717, 1.165) is 0 Å². The normalized spacial score (nSPS) is 11.0. The van der Waals surface area contributed by atoms with Crippen LogP contribution < -0.4 is 0 Å². The smallest absolute Gasteiger partial charge is 0.0479 e. The van der Waals surface area contributed by atoms with Gasteiger partial charge in [0.1, 0.15) is 0 Å². The molecule has 0 aliphatic carbocycles. The Kier molecular flexibility index (Phi) is 9.02. The molecule has 0 aliphatic heterocycles. The lowest BCUT2D eigenvalue weighted by Crippen LogP contribution is -2.02. The minimum atomic E-state index is 0.673. The van der Waals surface area contributed by atoms with Gasteiger partial charge >= 0.3 is 0 Å². The maximum atomic E-state index is 6.25. The van der Waals surface area contributed by atoms with E-state index < -0.39 is 0 Å². The topological polar surface area (TPSA) is 0 Å². The van der Waals surface area contributed by atoms with Gasteiger partial charge in [-0.25, -0.2) is 0 Å². The highest BCUT2D eigenvalue weighted by atomic mass is 35.5. The molecule has 0 N–H and O–H groups in total. The predicted octanol–water partition coefficient (Wildman–Crippen LogP) is 6.45.